The van der Waals surface area contributed by atoms with Crippen molar-refractivity contribution >= 4 is 11.9 Å². The first-order valence-corrected chi connectivity index (χ1v) is 7.56. The second kappa shape index (κ2) is 7.04. The summed E-state index contributed by atoms with van der Waals surface area (Å²) in [6.07, 6.45) is 4.34. The fourth-order valence-corrected chi connectivity index (χ4v) is 3.09. The van der Waals surface area contributed by atoms with Gasteiger partial charge in [0.1, 0.15) is 0 Å². The third-order valence-electron chi connectivity index (χ3n) is 4.47. The number of rotatable bonds is 5. The highest BCUT2D eigenvalue weighted by atomic mass is 16.4. The number of carbonyl (C=O) groups excluding carboxylic acids is 1. The van der Waals surface area contributed by atoms with Crippen LogP contribution in [0.2, 0.25) is 0 Å². The van der Waals surface area contributed by atoms with E-state index < -0.39 is 11.4 Å². The number of aliphatic carboxylic acids is 1. The monoisotopic (exact) mass is 283 g/mol. The van der Waals surface area contributed by atoms with Gasteiger partial charge in [-0.15, -0.1) is 0 Å². The van der Waals surface area contributed by atoms with Crippen LogP contribution in [0, 0.1) is 5.41 Å². The lowest BCUT2D eigenvalue weighted by Crippen LogP contribution is -2.50. The van der Waals surface area contributed by atoms with E-state index in [1.807, 2.05) is 0 Å². The number of hydrogen-bond donors (Lipinski definition) is 3. The smallest absolute Gasteiger partial charge is 0.311 e. The van der Waals surface area contributed by atoms with Crippen LogP contribution in [0.4, 0.5) is 0 Å². The van der Waals surface area contributed by atoms with Gasteiger partial charge in [0, 0.05) is 32.7 Å². The van der Waals surface area contributed by atoms with Crippen LogP contribution in [0.15, 0.2) is 0 Å². The quantitative estimate of drug-likeness (QED) is 0.664. The molecule has 3 N–H and O–H groups in total. The highest BCUT2D eigenvalue weighted by molar-refractivity contribution is 5.80. The highest BCUT2D eigenvalue weighted by Gasteiger charge is 2.39. The van der Waals surface area contributed by atoms with Crippen molar-refractivity contribution in [1.29, 1.82) is 0 Å². The Balaban J connectivity index is 1.79. The molecule has 1 saturated carbocycles. The topological polar surface area (TPSA) is 81.7 Å². The zero-order chi connectivity index (χ0) is 14.4. The van der Waals surface area contributed by atoms with E-state index in [1.54, 1.807) is 0 Å². The maximum Gasteiger partial charge on any atom is 0.311 e. The molecule has 6 nitrogen and oxygen atoms in total. The van der Waals surface area contributed by atoms with Gasteiger partial charge in [-0.25, -0.2) is 0 Å². The molecular weight excluding hydrogens is 258 g/mol. The molecule has 0 bridgehead atoms. The number of nitrogens with zero attached hydrogens (tertiary/aromatic N) is 1. The Bertz CT molecular complexity index is 348. The summed E-state index contributed by atoms with van der Waals surface area (Å²) in [7, 11) is 0. The van der Waals surface area contributed by atoms with Gasteiger partial charge in [-0.05, 0) is 12.8 Å². The maximum absolute atomic E-state index is 12.0. The van der Waals surface area contributed by atoms with E-state index in [0.717, 1.165) is 45.4 Å². The summed E-state index contributed by atoms with van der Waals surface area (Å²) in [4.78, 5) is 25.6. The van der Waals surface area contributed by atoms with Crippen molar-refractivity contribution in [1.82, 2.24) is 15.5 Å². The molecule has 0 spiro atoms. The van der Waals surface area contributed by atoms with Crippen LogP contribution in [0.25, 0.3) is 0 Å². The molecule has 1 saturated heterocycles. The Labute approximate surface area is 119 Å². The van der Waals surface area contributed by atoms with Crippen molar-refractivity contribution in [2.75, 3.05) is 39.3 Å². The Morgan fingerprint density at radius 1 is 1.15 bits per heavy atom. The molecule has 0 radical (unpaired) electrons. The van der Waals surface area contributed by atoms with E-state index in [-0.39, 0.29) is 12.5 Å². The predicted molar refractivity (Wildman–Crippen MR) is 75.5 cm³/mol. The van der Waals surface area contributed by atoms with E-state index in [9.17, 15) is 14.7 Å². The van der Waals surface area contributed by atoms with E-state index in [0.29, 0.717) is 19.4 Å². The number of carboxylic acids is 1. The lowest BCUT2D eigenvalue weighted by atomic mass is 9.74. The Morgan fingerprint density at radius 2 is 1.80 bits per heavy atom. The minimum atomic E-state index is -0.764. The molecule has 0 unspecified atom stereocenters. The third-order valence-corrected chi connectivity index (χ3v) is 4.47. The Morgan fingerprint density at radius 3 is 2.40 bits per heavy atom. The largest absolute Gasteiger partial charge is 0.481 e. The zero-order valence-corrected chi connectivity index (χ0v) is 12.0. The van der Waals surface area contributed by atoms with Crippen molar-refractivity contribution in [3.8, 4) is 0 Å². The standard InChI is InChI=1S/C14H25N3O3/c18-12(10-17-8-6-15-7-9-17)16-11-14(13(19)20)4-2-1-3-5-14/h15H,1-11H2,(H,16,18)(H,19,20). The van der Waals surface area contributed by atoms with Crippen molar-refractivity contribution in [2.24, 2.45) is 5.41 Å². The maximum atomic E-state index is 12.0. The SMILES string of the molecule is O=C(CN1CCNCC1)NCC1(C(=O)O)CCCCC1. The summed E-state index contributed by atoms with van der Waals surface area (Å²) in [6.45, 7) is 4.21. The van der Waals surface area contributed by atoms with Crippen molar-refractivity contribution in [3.63, 3.8) is 0 Å². The molecule has 2 aliphatic rings. The first-order chi connectivity index (χ1) is 9.62. The normalized spacial score (nSPS) is 23.2. The van der Waals surface area contributed by atoms with Crippen LogP contribution in [-0.4, -0.2) is 61.2 Å². The van der Waals surface area contributed by atoms with Gasteiger partial charge in [-0.1, -0.05) is 19.3 Å². The summed E-state index contributed by atoms with van der Waals surface area (Å²) in [6, 6.07) is 0. The van der Waals surface area contributed by atoms with Gasteiger partial charge < -0.3 is 15.7 Å². The van der Waals surface area contributed by atoms with Crippen LogP contribution >= 0.6 is 0 Å². The molecule has 0 aromatic carbocycles. The minimum Gasteiger partial charge on any atom is -0.481 e. The summed E-state index contributed by atoms with van der Waals surface area (Å²) in [5, 5.41) is 15.5. The highest BCUT2D eigenvalue weighted by Crippen LogP contribution is 2.35. The van der Waals surface area contributed by atoms with E-state index in [2.05, 4.69) is 15.5 Å². The van der Waals surface area contributed by atoms with Gasteiger partial charge in [-0.2, -0.15) is 0 Å². The second-order valence-corrected chi connectivity index (χ2v) is 5.95. The number of carbonyl (C=O) groups is 2. The van der Waals surface area contributed by atoms with Crippen molar-refractivity contribution < 1.29 is 14.7 Å². The summed E-state index contributed by atoms with van der Waals surface area (Å²) in [5.74, 6) is -0.822. The number of nitrogens with one attached hydrogen (secondary N) is 2. The molecule has 1 heterocycles. The molecular formula is C14H25N3O3. The molecule has 2 rings (SSSR count). The average Bonchev–Trinajstić information content (AvgIpc) is 2.47. The summed E-state index contributed by atoms with van der Waals surface area (Å²) < 4.78 is 0. The number of piperazine rings is 1. The Hall–Kier alpha value is -1.14. The predicted octanol–water partition coefficient (Wildman–Crippen LogP) is 0.0429. The van der Waals surface area contributed by atoms with Crippen LogP contribution in [0.5, 0.6) is 0 Å². The molecule has 0 aromatic heterocycles. The second-order valence-electron chi connectivity index (χ2n) is 5.95. The van der Waals surface area contributed by atoms with Crippen LogP contribution < -0.4 is 10.6 Å². The van der Waals surface area contributed by atoms with E-state index in [1.165, 1.54) is 0 Å². The fraction of sp³-hybridized carbons (Fsp3) is 0.857. The van der Waals surface area contributed by atoms with Gasteiger partial charge in [0.05, 0.1) is 12.0 Å². The van der Waals surface area contributed by atoms with Gasteiger partial charge in [0.2, 0.25) is 5.91 Å². The van der Waals surface area contributed by atoms with Crippen LogP contribution in [0.1, 0.15) is 32.1 Å². The molecule has 114 valence electrons. The van der Waals surface area contributed by atoms with Crippen molar-refractivity contribution in [3.05, 3.63) is 0 Å². The lowest BCUT2D eigenvalue weighted by molar-refractivity contribution is -0.151. The molecule has 2 fully saturated rings. The van der Waals surface area contributed by atoms with Gasteiger partial charge >= 0.3 is 5.97 Å². The average molecular weight is 283 g/mol. The number of amides is 1. The van der Waals surface area contributed by atoms with Gasteiger partial charge in [-0.3, -0.25) is 14.5 Å². The molecule has 0 aromatic rings. The number of carboxylic acid groups (broad SMARTS) is 1. The number of hydrogen-bond acceptors (Lipinski definition) is 4. The van der Waals surface area contributed by atoms with Gasteiger partial charge in [0.15, 0.2) is 0 Å². The van der Waals surface area contributed by atoms with E-state index >= 15 is 0 Å². The molecule has 0 atom stereocenters. The molecule has 20 heavy (non-hydrogen) atoms. The van der Waals surface area contributed by atoms with Gasteiger partial charge in [0.25, 0.3) is 0 Å². The minimum absolute atomic E-state index is 0.0573. The molecule has 1 aliphatic heterocycles. The zero-order valence-electron chi connectivity index (χ0n) is 12.0. The lowest BCUT2D eigenvalue weighted by Gasteiger charge is -2.33. The summed E-state index contributed by atoms with van der Waals surface area (Å²) >= 11 is 0. The molecule has 1 aliphatic carbocycles. The first kappa shape index (κ1) is 15.3. The van der Waals surface area contributed by atoms with Crippen LogP contribution in [-0.2, 0) is 9.59 Å². The van der Waals surface area contributed by atoms with Crippen LogP contribution in [0.3, 0.4) is 0 Å². The summed E-state index contributed by atoms with van der Waals surface area (Å²) in [5.41, 5.74) is -0.739. The fourth-order valence-electron chi connectivity index (χ4n) is 3.09. The molecule has 1 amide bonds. The first-order valence-electron chi connectivity index (χ1n) is 7.56. The third kappa shape index (κ3) is 3.93. The van der Waals surface area contributed by atoms with Crippen molar-refractivity contribution in [2.45, 2.75) is 32.1 Å². The molecule has 6 heteroatoms. The Kier molecular flexibility index (Phi) is 5.37. The van der Waals surface area contributed by atoms with E-state index in [4.69, 9.17) is 0 Å².